The van der Waals surface area contributed by atoms with E-state index in [1.54, 1.807) is 6.92 Å². The van der Waals surface area contributed by atoms with Crippen molar-refractivity contribution in [1.82, 2.24) is 5.16 Å². The normalized spacial score (nSPS) is 10.8. The lowest BCUT2D eigenvalue weighted by molar-refractivity contribution is -0.144. The molecule has 0 aliphatic heterocycles. The van der Waals surface area contributed by atoms with E-state index in [9.17, 15) is 27.6 Å². The zero-order valence-electron chi connectivity index (χ0n) is 21.5. The maximum Gasteiger partial charge on any atom is 0.416 e. The Bertz CT molecular complexity index is 934. The molecule has 0 aliphatic carbocycles. The molecule has 1 heterocycles. The Hall–Kier alpha value is -3.37. The van der Waals surface area contributed by atoms with Gasteiger partial charge in [-0.05, 0) is 57.9 Å². The van der Waals surface area contributed by atoms with Crippen molar-refractivity contribution in [2.24, 2.45) is 0 Å². The van der Waals surface area contributed by atoms with Crippen molar-refractivity contribution in [3.63, 3.8) is 0 Å². The van der Waals surface area contributed by atoms with Gasteiger partial charge in [0.1, 0.15) is 11.3 Å². The lowest BCUT2D eigenvalue weighted by Gasteiger charge is -2.08. The molecule has 206 valence electrons. The molecule has 0 aliphatic rings. The fourth-order valence-electron chi connectivity index (χ4n) is 3.17. The average Bonchev–Trinajstić information content (AvgIpc) is 3.27. The number of nitrogens with zero attached hydrogens (tertiary/aromatic N) is 1. The van der Waals surface area contributed by atoms with Crippen molar-refractivity contribution in [1.29, 1.82) is 0 Å². The van der Waals surface area contributed by atoms with E-state index in [0.717, 1.165) is 50.7 Å². The van der Waals surface area contributed by atoms with E-state index < -0.39 is 17.6 Å². The zero-order chi connectivity index (χ0) is 27.7. The minimum Gasteiger partial charge on any atom is -0.466 e. The highest BCUT2D eigenvalue weighted by molar-refractivity contribution is 6.04. The predicted octanol–water partition coefficient (Wildman–Crippen LogP) is 6.49. The fourth-order valence-corrected chi connectivity index (χ4v) is 3.17. The Morgan fingerprint density at radius 3 is 1.76 bits per heavy atom. The molecule has 0 fully saturated rings. The molecule has 0 radical (unpaired) electrons. The molecule has 11 heteroatoms. The number of benzene rings is 1. The summed E-state index contributed by atoms with van der Waals surface area (Å²) in [4.78, 5) is 33.8. The van der Waals surface area contributed by atoms with Crippen LogP contribution in [-0.2, 0) is 25.2 Å². The maximum absolute atomic E-state index is 12.4. The van der Waals surface area contributed by atoms with Gasteiger partial charge in [0, 0.05) is 18.5 Å². The van der Waals surface area contributed by atoms with E-state index in [1.807, 2.05) is 13.8 Å². The highest BCUT2D eigenvalue weighted by Gasteiger charge is 2.30. The van der Waals surface area contributed by atoms with Gasteiger partial charge < -0.3 is 19.3 Å². The van der Waals surface area contributed by atoms with Gasteiger partial charge in [0.25, 0.3) is 5.91 Å². The second kappa shape index (κ2) is 17.1. The molecule has 1 aromatic heterocycles. The molecular formula is C26H35F3N2O6. The van der Waals surface area contributed by atoms with Gasteiger partial charge in [-0.25, -0.2) is 0 Å². The third-order valence-electron chi connectivity index (χ3n) is 5.09. The van der Waals surface area contributed by atoms with Gasteiger partial charge in [-0.1, -0.05) is 30.8 Å². The first kappa shape index (κ1) is 31.7. The van der Waals surface area contributed by atoms with Crippen LogP contribution in [0.2, 0.25) is 0 Å². The number of alkyl halides is 3. The van der Waals surface area contributed by atoms with Crippen LogP contribution in [0.15, 0.2) is 35.0 Å². The van der Waals surface area contributed by atoms with Crippen LogP contribution in [0.4, 0.5) is 18.9 Å². The first-order valence-electron chi connectivity index (χ1n) is 12.3. The summed E-state index contributed by atoms with van der Waals surface area (Å²) in [5.41, 5.74) is -0.273. The number of carbonyl (C=O) groups excluding carboxylic acids is 3. The van der Waals surface area contributed by atoms with Crippen molar-refractivity contribution >= 4 is 23.5 Å². The number of nitrogens with one attached hydrogen (secondary N) is 1. The molecule has 0 atom stereocenters. The quantitative estimate of drug-likeness (QED) is 0.234. The standard InChI is InChI=1S/C14H26O4.C12H9F3N2O2/c1-3-17-13(15)11-9-7-5-6-8-10-12-14(16)18-4-2;1-7-10(6-16-19-7)11(18)17-9-4-2-8(3-5-9)12(13,14)15/h3-12H2,1-2H3;2-6H,1H3,(H,17,18). The topological polar surface area (TPSA) is 108 Å². The minimum absolute atomic E-state index is 0.0974. The minimum atomic E-state index is -4.40. The number of aryl methyl sites for hydroxylation is 1. The molecule has 8 nitrogen and oxygen atoms in total. The monoisotopic (exact) mass is 528 g/mol. The van der Waals surface area contributed by atoms with Gasteiger partial charge in [0.2, 0.25) is 0 Å². The number of unbranched alkanes of at least 4 members (excludes halogenated alkanes) is 5. The Morgan fingerprint density at radius 1 is 0.865 bits per heavy atom. The third kappa shape index (κ3) is 13.5. The third-order valence-corrected chi connectivity index (χ3v) is 5.09. The number of aromatic nitrogens is 1. The molecule has 0 saturated carbocycles. The van der Waals surface area contributed by atoms with Crippen LogP contribution >= 0.6 is 0 Å². The number of halogens is 3. The molecule has 2 aromatic rings. The number of carbonyl (C=O) groups is 3. The van der Waals surface area contributed by atoms with Crippen LogP contribution in [0.3, 0.4) is 0 Å². The van der Waals surface area contributed by atoms with E-state index in [0.29, 0.717) is 31.8 Å². The zero-order valence-corrected chi connectivity index (χ0v) is 21.5. The number of hydrogen-bond donors (Lipinski definition) is 1. The summed E-state index contributed by atoms with van der Waals surface area (Å²) in [7, 11) is 0. The molecular weight excluding hydrogens is 493 g/mol. The Morgan fingerprint density at radius 2 is 1.35 bits per heavy atom. The van der Waals surface area contributed by atoms with Crippen molar-refractivity contribution in [2.45, 2.75) is 78.3 Å². The van der Waals surface area contributed by atoms with E-state index in [-0.39, 0.29) is 23.2 Å². The van der Waals surface area contributed by atoms with Crippen LogP contribution in [0.1, 0.15) is 86.9 Å². The second-order valence-electron chi connectivity index (χ2n) is 8.06. The molecule has 0 spiro atoms. The number of amides is 1. The van der Waals surface area contributed by atoms with Crippen LogP contribution in [0.5, 0.6) is 0 Å². The van der Waals surface area contributed by atoms with Crippen molar-refractivity contribution in [2.75, 3.05) is 18.5 Å². The Balaban J connectivity index is 0.000000371. The Kier molecular flexibility index (Phi) is 14.7. The summed E-state index contributed by atoms with van der Waals surface area (Å²) in [6.07, 6.45) is 4.03. The highest BCUT2D eigenvalue weighted by atomic mass is 19.4. The van der Waals surface area contributed by atoms with Gasteiger partial charge in [-0.3, -0.25) is 14.4 Å². The summed E-state index contributed by atoms with van der Waals surface area (Å²) in [6.45, 7) is 6.14. The first-order chi connectivity index (χ1) is 17.6. The van der Waals surface area contributed by atoms with Gasteiger partial charge in [0.15, 0.2) is 0 Å². The van der Waals surface area contributed by atoms with E-state index in [4.69, 9.17) is 14.0 Å². The van der Waals surface area contributed by atoms with E-state index in [2.05, 4.69) is 10.5 Å². The van der Waals surface area contributed by atoms with Gasteiger partial charge in [0.05, 0.1) is 25.0 Å². The van der Waals surface area contributed by atoms with Crippen molar-refractivity contribution < 1.29 is 41.6 Å². The van der Waals surface area contributed by atoms with Crippen molar-refractivity contribution in [3.05, 3.63) is 47.3 Å². The maximum atomic E-state index is 12.4. The molecule has 1 aromatic carbocycles. The Labute approximate surface area is 214 Å². The van der Waals surface area contributed by atoms with Crippen LogP contribution in [-0.4, -0.2) is 36.2 Å². The SMILES string of the molecule is CCOC(=O)CCCCCCCCC(=O)OCC.Cc1oncc1C(=O)Nc1ccc(C(F)(F)F)cc1. The van der Waals surface area contributed by atoms with Crippen molar-refractivity contribution in [3.8, 4) is 0 Å². The molecule has 0 unspecified atom stereocenters. The van der Waals surface area contributed by atoms with E-state index in [1.165, 1.54) is 18.3 Å². The van der Waals surface area contributed by atoms with Gasteiger partial charge in [-0.2, -0.15) is 13.2 Å². The average molecular weight is 529 g/mol. The molecule has 2 rings (SSSR count). The van der Waals surface area contributed by atoms with E-state index >= 15 is 0 Å². The summed E-state index contributed by atoms with van der Waals surface area (Å²) < 4.78 is 51.5. The lowest BCUT2D eigenvalue weighted by atomic mass is 10.1. The molecule has 37 heavy (non-hydrogen) atoms. The highest BCUT2D eigenvalue weighted by Crippen LogP contribution is 2.29. The molecule has 0 bridgehead atoms. The summed E-state index contributed by atoms with van der Waals surface area (Å²) in [5.74, 6) is -0.345. The summed E-state index contributed by atoms with van der Waals surface area (Å²) in [6, 6.07) is 4.17. The number of rotatable bonds is 13. The van der Waals surface area contributed by atoms with Crippen LogP contribution in [0.25, 0.3) is 0 Å². The van der Waals surface area contributed by atoms with Crippen LogP contribution in [0, 0.1) is 6.92 Å². The van der Waals surface area contributed by atoms with Crippen LogP contribution < -0.4 is 5.32 Å². The molecule has 1 N–H and O–H groups in total. The first-order valence-corrected chi connectivity index (χ1v) is 12.3. The van der Waals surface area contributed by atoms with Gasteiger partial charge in [-0.15, -0.1) is 0 Å². The predicted molar refractivity (Wildman–Crippen MR) is 131 cm³/mol. The second-order valence-corrected chi connectivity index (χ2v) is 8.06. The number of hydrogen-bond acceptors (Lipinski definition) is 7. The molecule has 0 saturated heterocycles. The summed E-state index contributed by atoms with van der Waals surface area (Å²) >= 11 is 0. The lowest BCUT2D eigenvalue weighted by Crippen LogP contribution is -2.12. The number of esters is 2. The fraction of sp³-hybridized carbons (Fsp3) is 0.538. The van der Waals surface area contributed by atoms with Gasteiger partial charge >= 0.3 is 18.1 Å². The largest absolute Gasteiger partial charge is 0.466 e. The summed E-state index contributed by atoms with van der Waals surface area (Å²) in [5, 5.41) is 5.90. The number of ether oxygens (including phenoxy) is 2. The number of anilines is 1. The smallest absolute Gasteiger partial charge is 0.416 e. The molecule has 1 amide bonds.